The van der Waals surface area contributed by atoms with Crippen molar-refractivity contribution in [1.82, 2.24) is 4.98 Å². The summed E-state index contributed by atoms with van der Waals surface area (Å²) < 4.78 is 5.64. The third-order valence-electron chi connectivity index (χ3n) is 2.28. The first-order valence-electron chi connectivity index (χ1n) is 5.09. The minimum Gasteiger partial charge on any atom is -0.455 e. The molecule has 0 aliphatic heterocycles. The highest BCUT2D eigenvalue weighted by Gasteiger charge is 2.02. The van der Waals surface area contributed by atoms with Gasteiger partial charge in [-0.1, -0.05) is 0 Å². The summed E-state index contributed by atoms with van der Waals surface area (Å²) in [5.74, 6) is 1.32. The number of benzene rings is 1. The molecular formula is C13H11N3O. The molecule has 0 unspecified atom stereocenters. The van der Waals surface area contributed by atoms with E-state index in [1.54, 1.807) is 18.2 Å². The fourth-order valence-corrected chi connectivity index (χ4v) is 1.42. The van der Waals surface area contributed by atoms with Crippen molar-refractivity contribution in [3.05, 3.63) is 47.8 Å². The van der Waals surface area contributed by atoms with E-state index in [9.17, 15) is 0 Å². The summed E-state index contributed by atoms with van der Waals surface area (Å²) >= 11 is 0. The number of nitriles is 1. The van der Waals surface area contributed by atoms with E-state index in [-0.39, 0.29) is 0 Å². The second-order valence-electron chi connectivity index (χ2n) is 3.62. The van der Waals surface area contributed by atoms with Crippen LogP contribution in [0.2, 0.25) is 0 Å². The Hall–Kier alpha value is -2.54. The molecule has 0 saturated carbocycles. The van der Waals surface area contributed by atoms with Crippen molar-refractivity contribution in [1.29, 1.82) is 5.26 Å². The highest BCUT2D eigenvalue weighted by atomic mass is 16.5. The molecule has 0 aliphatic carbocycles. The zero-order valence-electron chi connectivity index (χ0n) is 9.34. The van der Waals surface area contributed by atoms with Crippen molar-refractivity contribution < 1.29 is 4.74 Å². The Kier molecular flexibility index (Phi) is 2.93. The van der Waals surface area contributed by atoms with Crippen LogP contribution in [0.15, 0.2) is 36.5 Å². The van der Waals surface area contributed by atoms with Crippen LogP contribution >= 0.6 is 0 Å². The zero-order chi connectivity index (χ0) is 12.3. The van der Waals surface area contributed by atoms with Crippen LogP contribution < -0.4 is 10.5 Å². The van der Waals surface area contributed by atoms with Gasteiger partial charge in [0.2, 0.25) is 0 Å². The summed E-state index contributed by atoms with van der Waals surface area (Å²) in [5, 5.41) is 8.63. The number of hydrogen-bond acceptors (Lipinski definition) is 4. The minimum atomic E-state index is 0.367. The molecule has 0 amide bonds. The zero-order valence-corrected chi connectivity index (χ0v) is 9.34. The molecule has 2 aromatic rings. The topological polar surface area (TPSA) is 71.9 Å². The van der Waals surface area contributed by atoms with Gasteiger partial charge in [-0.2, -0.15) is 5.26 Å². The Morgan fingerprint density at radius 3 is 2.71 bits per heavy atom. The lowest BCUT2D eigenvalue weighted by Gasteiger charge is -2.08. The summed E-state index contributed by atoms with van der Waals surface area (Å²) in [4.78, 5) is 3.93. The van der Waals surface area contributed by atoms with E-state index in [4.69, 9.17) is 15.7 Å². The molecule has 0 saturated heterocycles. The number of hydrogen-bond donors (Lipinski definition) is 1. The van der Waals surface area contributed by atoms with Gasteiger partial charge in [0.1, 0.15) is 23.3 Å². The van der Waals surface area contributed by atoms with Gasteiger partial charge < -0.3 is 10.5 Å². The first-order valence-corrected chi connectivity index (χ1v) is 5.09. The Labute approximate surface area is 99.3 Å². The van der Waals surface area contributed by atoms with Gasteiger partial charge in [-0.25, -0.2) is 4.98 Å². The summed E-state index contributed by atoms with van der Waals surface area (Å²) in [7, 11) is 0. The van der Waals surface area contributed by atoms with Crippen LogP contribution in [0.1, 0.15) is 11.3 Å². The Morgan fingerprint density at radius 1 is 1.29 bits per heavy atom. The van der Waals surface area contributed by atoms with Crippen molar-refractivity contribution in [2.75, 3.05) is 5.73 Å². The molecule has 2 N–H and O–H groups in total. The van der Waals surface area contributed by atoms with Gasteiger partial charge >= 0.3 is 0 Å². The molecular weight excluding hydrogens is 214 g/mol. The largest absolute Gasteiger partial charge is 0.455 e. The molecule has 0 bridgehead atoms. The van der Waals surface area contributed by atoms with Crippen LogP contribution in [0.25, 0.3) is 0 Å². The Morgan fingerprint density at radius 2 is 2.12 bits per heavy atom. The molecule has 4 heteroatoms. The average molecular weight is 225 g/mol. The molecule has 0 atom stereocenters. The molecule has 17 heavy (non-hydrogen) atoms. The van der Waals surface area contributed by atoms with E-state index >= 15 is 0 Å². The third-order valence-corrected chi connectivity index (χ3v) is 2.28. The molecule has 0 aliphatic rings. The minimum absolute atomic E-state index is 0.367. The maximum Gasteiger partial charge on any atom is 0.145 e. The van der Waals surface area contributed by atoms with Crippen LogP contribution in [0.5, 0.6) is 11.5 Å². The van der Waals surface area contributed by atoms with Gasteiger partial charge in [-0.15, -0.1) is 0 Å². The lowest BCUT2D eigenvalue weighted by Crippen LogP contribution is -1.91. The maximum absolute atomic E-state index is 8.63. The van der Waals surface area contributed by atoms with Crippen LogP contribution in [0.3, 0.4) is 0 Å². The van der Waals surface area contributed by atoms with Crippen molar-refractivity contribution in [3.63, 3.8) is 0 Å². The molecule has 84 valence electrons. The maximum atomic E-state index is 8.63. The van der Waals surface area contributed by atoms with Gasteiger partial charge in [-0.05, 0) is 42.8 Å². The predicted molar refractivity (Wildman–Crippen MR) is 64.6 cm³/mol. The van der Waals surface area contributed by atoms with Gasteiger partial charge in [0, 0.05) is 5.69 Å². The first-order chi connectivity index (χ1) is 8.19. The number of nitrogens with two attached hydrogens (primary N) is 1. The number of pyridine rings is 1. The smallest absolute Gasteiger partial charge is 0.145 e. The highest BCUT2D eigenvalue weighted by Crippen LogP contribution is 2.25. The number of nitrogen functional groups attached to an aromatic ring is 1. The van der Waals surface area contributed by atoms with E-state index in [0.29, 0.717) is 17.1 Å². The molecule has 1 aromatic heterocycles. The van der Waals surface area contributed by atoms with E-state index in [2.05, 4.69) is 4.98 Å². The molecule has 0 fully saturated rings. The summed E-state index contributed by atoms with van der Waals surface area (Å²) in [6, 6.07) is 10.7. The van der Waals surface area contributed by atoms with E-state index < -0.39 is 0 Å². The SMILES string of the molecule is Cc1cc(N)ccc1Oc1ccc(C#N)nc1. The number of ether oxygens (including phenoxy) is 1. The second kappa shape index (κ2) is 4.54. The average Bonchev–Trinajstić information content (AvgIpc) is 2.34. The van der Waals surface area contributed by atoms with Gasteiger partial charge in [0.15, 0.2) is 0 Å². The lowest BCUT2D eigenvalue weighted by molar-refractivity contribution is 0.476. The standard InChI is InChI=1S/C13H11N3O/c1-9-6-10(15)2-5-13(9)17-12-4-3-11(7-14)16-8-12/h2-6,8H,15H2,1H3. The second-order valence-corrected chi connectivity index (χ2v) is 3.62. The van der Waals surface area contributed by atoms with Gasteiger partial charge in [-0.3, -0.25) is 0 Å². The van der Waals surface area contributed by atoms with Crippen LogP contribution in [0, 0.1) is 18.3 Å². The van der Waals surface area contributed by atoms with Crippen molar-refractivity contribution in [2.45, 2.75) is 6.92 Å². The van der Waals surface area contributed by atoms with Gasteiger partial charge in [0.05, 0.1) is 6.20 Å². The number of aryl methyl sites for hydroxylation is 1. The number of rotatable bonds is 2. The molecule has 0 spiro atoms. The fraction of sp³-hybridized carbons (Fsp3) is 0.0769. The fourth-order valence-electron chi connectivity index (χ4n) is 1.42. The first kappa shape index (κ1) is 11.0. The van der Waals surface area contributed by atoms with E-state index in [1.165, 1.54) is 6.20 Å². The van der Waals surface area contributed by atoms with Crippen molar-refractivity contribution in [2.24, 2.45) is 0 Å². The van der Waals surface area contributed by atoms with Crippen LogP contribution in [0.4, 0.5) is 5.69 Å². The molecule has 4 nitrogen and oxygen atoms in total. The van der Waals surface area contributed by atoms with Crippen LogP contribution in [-0.4, -0.2) is 4.98 Å². The van der Waals surface area contributed by atoms with E-state index in [1.807, 2.05) is 25.1 Å². The predicted octanol–water partition coefficient (Wildman–Crippen LogP) is 2.64. The molecule has 1 heterocycles. The monoisotopic (exact) mass is 225 g/mol. The molecule has 2 rings (SSSR count). The van der Waals surface area contributed by atoms with Crippen molar-refractivity contribution >= 4 is 5.69 Å². The Balaban J connectivity index is 2.23. The Bertz CT molecular complexity index is 570. The normalized spacial score (nSPS) is 9.65. The summed E-state index contributed by atoms with van der Waals surface area (Å²) in [6.45, 7) is 1.92. The number of anilines is 1. The summed E-state index contributed by atoms with van der Waals surface area (Å²) in [5.41, 5.74) is 7.68. The quantitative estimate of drug-likeness (QED) is 0.797. The summed E-state index contributed by atoms with van der Waals surface area (Å²) in [6.07, 6.45) is 1.52. The third kappa shape index (κ3) is 2.52. The highest BCUT2D eigenvalue weighted by molar-refractivity contribution is 5.48. The van der Waals surface area contributed by atoms with Crippen molar-refractivity contribution in [3.8, 4) is 17.6 Å². The number of aromatic nitrogens is 1. The van der Waals surface area contributed by atoms with E-state index in [0.717, 1.165) is 11.3 Å². The molecule has 1 aromatic carbocycles. The van der Waals surface area contributed by atoms with Crippen LogP contribution in [-0.2, 0) is 0 Å². The van der Waals surface area contributed by atoms with Gasteiger partial charge in [0.25, 0.3) is 0 Å². The number of nitrogens with zero attached hydrogens (tertiary/aromatic N) is 2. The lowest BCUT2D eigenvalue weighted by atomic mass is 10.2. The molecule has 0 radical (unpaired) electrons.